The fraction of sp³-hybridized carbons (Fsp3) is 0.588. The van der Waals surface area contributed by atoms with E-state index in [2.05, 4.69) is 50.3 Å². The van der Waals surface area contributed by atoms with Gasteiger partial charge in [0, 0.05) is 0 Å². The second kappa shape index (κ2) is 15.2. The summed E-state index contributed by atoms with van der Waals surface area (Å²) in [7, 11) is 0. The van der Waals surface area contributed by atoms with Crippen LogP contribution in [-0.2, 0) is 0 Å². The first kappa shape index (κ1) is 16.2. The molecule has 0 spiro atoms. The summed E-state index contributed by atoms with van der Waals surface area (Å²) in [6, 6.07) is 0. The summed E-state index contributed by atoms with van der Waals surface area (Å²) in [5, 5.41) is 0. The fourth-order valence-corrected chi connectivity index (χ4v) is 1.62. The molecule has 0 rings (SSSR count). The molecule has 1 radical (unpaired) electrons. The van der Waals surface area contributed by atoms with Crippen LogP contribution in [0.3, 0.4) is 0 Å². The van der Waals surface area contributed by atoms with Crippen molar-refractivity contribution < 1.29 is 0 Å². The molecule has 0 heterocycles. The molecule has 0 unspecified atom stereocenters. The Balaban J connectivity index is 3.21. The van der Waals surface area contributed by atoms with E-state index in [4.69, 9.17) is 0 Å². The Morgan fingerprint density at radius 1 is 0.706 bits per heavy atom. The minimum absolute atomic E-state index is 1.08. The largest absolute Gasteiger partial charge is 0.0885 e. The van der Waals surface area contributed by atoms with Crippen LogP contribution in [0.1, 0.15) is 64.7 Å². The molecule has 0 amide bonds. The average Bonchev–Trinajstić information content (AvgIpc) is 2.35. The van der Waals surface area contributed by atoms with Gasteiger partial charge >= 0.3 is 0 Å². The fourth-order valence-electron chi connectivity index (χ4n) is 1.62. The Morgan fingerprint density at radius 3 is 1.94 bits per heavy atom. The SMILES string of the molecule is [CH2]CCCCCC/C=C/C/C=C/C/C=C/CC. The van der Waals surface area contributed by atoms with Crippen LogP contribution in [0.4, 0.5) is 0 Å². The van der Waals surface area contributed by atoms with Gasteiger partial charge in [-0.1, -0.05) is 76.0 Å². The number of rotatable bonds is 11. The molecule has 0 saturated carbocycles. The van der Waals surface area contributed by atoms with E-state index in [1.54, 1.807) is 0 Å². The molecule has 0 nitrogen and oxygen atoms in total. The lowest BCUT2D eigenvalue weighted by molar-refractivity contribution is 0.651. The second-order valence-corrected chi connectivity index (χ2v) is 4.35. The Kier molecular flexibility index (Phi) is 14.5. The standard InChI is InChI=1S/C17H29/c1-3-5-7-9-11-13-15-17-16-14-12-10-8-6-4-2/h6,8,12,14-15,17H,1,3-5,7,9-11,13,16H2,2H3/b8-6+,14-12+,17-15+. The monoisotopic (exact) mass is 233 g/mol. The van der Waals surface area contributed by atoms with E-state index in [1.807, 2.05) is 0 Å². The maximum absolute atomic E-state index is 3.85. The van der Waals surface area contributed by atoms with Crippen LogP contribution in [-0.4, -0.2) is 0 Å². The summed E-state index contributed by atoms with van der Waals surface area (Å²) in [5.74, 6) is 0. The topological polar surface area (TPSA) is 0 Å². The molecule has 0 aromatic heterocycles. The molecule has 0 atom stereocenters. The van der Waals surface area contributed by atoms with Crippen molar-refractivity contribution in [3.05, 3.63) is 43.4 Å². The van der Waals surface area contributed by atoms with Gasteiger partial charge in [-0.25, -0.2) is 0 Å². The zero-order valence-electron chi connectivity index (χ0n) is 11.5. The molecule has 0 heteroatoms. The van der Waals surface area contributed by atoms with Crippen LogP contribution < -0.4 is 0 Å². The van der Waals surface area contributed by atoms with Crippen LogP contribution in [0, 0.1) is 6.92 Å². The van der Waals surface area contributed by atoms with Gasteiger partial charge in [-0.05, 0) is 32.1 Å². The Hall–Kier alpha value is -0.780. The Morgan fingerprint density at radius 2 is 1.29 bits per heavy atom. The third-order valence-electron chi connectivity index (χ3n) is 2.65. The van der Waals surface area contributed by atoms with Gasteiger partial charge in [-0.2, -0.15) is 0 Å². The van der Waals surface area contributed by atoms with Gasteiger partial charge in [0.05, 0.1) is 0 Å². The van der Waals surface area contributed by atoms with Gasteiger partial charge in [0.1, 0.15) is 0 Å². The van der Waals surface area contributed by atoms with Crippen LogP contribution in [0.15, 0.2) is 36.5 Å². The van der Waals surface area contributed by atoms with Gasteiger partial charge in [0.25, 0.3) is 0 Å². The van der Waals surface area contributed by atoms with Crippen molar-refractivity contribution in [2.75, 3.05) is 0 Å². The van der Waals surface area contributed by atoms with Gasteiger partial charge < -0.3 is 0 Å². The molecular weight excluding hydrogens is 204 g/mol. The van der Waals surface area contributed by atoms with Crippen molar-refractivity contribution in [1.82, 2.24) is 0 Å². The van der Waals surface area contributed by atoms with Crippen molar-refractivity contribution in [2.45, 2.75) is 64.7 Å². The highest BCUT2D eigenvalue weighted by Crippen LogP contribution is 2.05. The first-order chi connectivity index (χ1) is 8.41. The maximum Gasteiger partial charge on any atom is -0.0169 e. The van der Waals surface area contributed by atoms with Crippen molar-refractivity contribution in [3.8, 4) is 0 Å². The third kappa shape index (κ3) is 15.2. The Bertz CT molecular complexity index is 208. The number of allylic oxidation sites excluding steroid dienone is 6. The van der Waals surface area contributed by atoms with E-state index in [9.17, 15) is 0 Å². The van der Waals surface area contributed by atoms with E-state index in [0.717, 1.165) is 25.7 Å². The molecule has 0 bridgehead atoms. The first-order valence-electron chi connectivity index (χ1n) is 7.16. The highest BCUT2D eigenvalue weighted by atomic mass is 13.9. The van der Waals surface area contributed by atoms with E-state index in [1.165, 1.54) is 32.1 Å². The second-order valence-electron chi connectivity index (χ2n) is 4.35. The summed E-state index contributed by atoms with van der Waals surface area (Å²) >= 11 is 0. The van der Waals surface area contributed by atoms with Crippen molar-refractivity contribution >= 4 is 0 Å². The molecule has 0 fully saturated rings. The summed E-state index contributed by atoms with van der Waals surface area (Å²) in [4.78, 5) is 0. The Labute approximate surface area is 109 Å². The summed E-state index contributed by atoms with van der Waals surface area (Å²) in [6.07, 6.45) is 24.5. The summed E-state index contributed by atoms with van der Waals surface area (Å²) in [5.41, 5.74) is 0. The van der Waals surface area contributed by atoms with Crippen LogP contribution >= 0.6 is 0 Å². The van der Waals surface area contributed by atoms with Gasteiger partial charge in [-0.15, -0.1) is 0 Å². The summed E-state index contributed by atoms with van der Waals surface area (Å²) < 4.78 is 0. The lowest BCUT2D eigenvalue weighted by atomic mass is 10.1. The molecule has 0 aromatic carbocycles. The van der Waals surface area contributed by atoms with E-state index in [0.29, 0.717) is 0 Å². The zero-order chi connectivity index (χ0) is 12.6. The predicted molar refractivity (Wildman–Crippen MR) is 80.0 cm³/mol. The molecule has 0 saturated heterocycles. The molecular formula is C17H29. The predicted octanol–water partition coefficient (Wildman–Crippen LogP) is 6.02. The van der Waals surface area contributed by atoms with Gasteiger partial charge in [-0.3, -0.25) is 0 Å². The molecule has 0 aliphatic carbocycles. The average molecular weight is 233 g/mol. The summed E-state index contributed by atoms with van der Waals surface area (Å²) in [6.45, 7) is 6.02. The molecule has 0 N–H and O–H groups in total. The third-order valence-corrected chi connectivity index (χ3v) is 2.65. The van der Waals surface area contributed by atoms with E-state index >= 15 is 0 Å². The normalized spacial score (nSPS) is 12.4. The van der Waals surface area contributed by atoms with E-state index < -0.39 is 0 Å². The molecule has 0 aliphatic heterocycles. The quantitative estimate of drug-likeness (QED) is 0.302. The molecule has 0 aliphatic rings. The smallest absolute Gasteiger partial charge is 0.0169 e. The zero-order valence-corrected chi connectivity index (χ0v) is 11.5. The number of unbranched alkanes of at least 4 members (excludes halogenated alkanes) is 5. The van der Waals surface area contributed by atoms with Crippen molar-refractivity contribution in [1.29, 1.82) is 0 Å². The molecule has 17 heavy (non-hydrogen) atoms. The highest BCUT2D eigenvalue weighted by molar-refractivity contribution is 4.96. The molecule has 0 aromatic rings. The van der Waals surface area contributed by atoms with Crippen molar-refractivity contribution in [3.63, 3.8) is 0 Å². The van der Waals surface area contributed by atoms with Crippen LogP contribution in [0.2, 0.25) is 0 Å². The molecule has 97 valence electrons. The number of hydrogen-bond acceptors (Lipinski definition) is 0. The lowest BCUT2D eigenvalue weighted by Gasteiger charge is -1.95. The van der Waals surface area contributed by atoms with Gasteiger partial charge in [0.2, 0.25) is 0 Å². The van der Waals surface area contributed by atoms with Crippen LogP contribution in [0.5, 0.6) is 0 Å². The van der Waals surface area contributed by atoms with E-state index in [-0.39, 0.29) is 0 Å². The minimum Gasteiger partial charge on any atom is -0.0885 e. The minimum atomic E-state index is 1.08. The van der Waals surface area contributed by atoms with Crippen LogP contribution in [0.25, 0.3) is 0 Å². The van der Waals surface area contributed by atoms with Gasteiger partial charge in [0.15, 0.2) is 0 Å². The number of hydrogen-bond donors (Lipinski definition) is 0. The first-order valence-corrected chi connectivity index (χ1v) is 7.16. The maximum atomic E-state index is 3.85. The lowest BCUT2D eigenvalue weighted by Crippen LogP contribution is -1.75. The highest BCUT2D eigenvalue weighted by Gasteiger charge is 1.85. The van der Waals surface area contributed by atoms with Crippen molar-refractivity contribution in [2.24, 2.45) is 0 Å².